The van der Waals surface area contributed by atoms with Crippen molar-refractivity contribution < 1.29 is 37.7 Å². The Hall–Kier alpha value is -4.04. The van der Waals surface area contributed by atoms with Crippen LogP contribution >= 0.6 is 15.9 Å². The zero-order valence-electron chi connectivity index (χ0n) is 22.6. The SMILES string of the molecule is Brc1c[c-]ccc1.Cc1ccccn1.Fc1c[c-]c(-c2ccccn2)c(F)c1.Fc1c[c-]c(-c2ccccn2)c(F)c1.[Ir+3]. The maximum absolute atomic E-state index is 13.2. The van der Waals surface area contributed by atoms with E-state index in [9.17, 15) is 17.6 Å². The maximum atomic E-state index is 13.2. The molecule has 0 unspecified atom stereocenters. The fourth-order valence-corrected chi connectivity index (χ4v) is 3.41. The fraction of sp³-hybridized carbons (Fsp3) is 0.0294. The van der Waals surface area contributed by atoms with Crippen molar-refractivity contribution in [2.24, 2.45) is 0 Å². The predicted molar refractivity (Wildman–Crippen MR) is 159 cm³/mol. The molecule has 9 heteroatoms. The van der Waals surface area contributed by atoms with E-state index in [4.69, 9.17) is 0 Å². The van der Waals surface area contributed by atoms with Crippen molar-refractivity contribution in [1.29, 1.82) is 0 Å². The number of pyridine rings is 3. The van der Waals surface area contributed by atoms with E-state index in [1.54, 1.807) is 55.0 Å². The first-order valence-electron chi connectivity index (χ1n) is 12.4. The second kappa shape index (κ2) is 19.2. The molecule has 0 radical (unpaired) electrons. The Kier molecular flexibility index (Phi) is 15.7. The Labute approximate surface area is 270 Å². The summed E-state index contributed by atoms with van der Waals surface area (Å²) in [4.78, 5) is 11.9. The molecule has 6 aromatic rings. The Bertz CT molecular complexity index is 1510. The summed E-state index contributed by atoms with van der Waals surface area (Å²) in [6, 6.07) is 35.5. The summed E-state index contributed by atoms with van der Waals surface area (Å²) in [6.45, 7) is 1.97. The molecular weight excluding hydrogens is 799 g/mol. The first-order valence-corrected chi connectivity index (χ1v) is 13.2. The van der Waals surface area contributed by atoms with Crippen molar-refractivity contribution in [3.8, 4) is 22.5 Å². The standard InChI is InChI=1S/2C11H6F2N.C6H4Br.C6H7N.Ir/c2*12-8-4-5-9(10(13)7-8)11-3-1-2-6-14-11;7-6-4-2-1-3-5-6;1-6-4-2-3-5-7-6;/h2*1-4,6-7H;1-2,4-5H;2-5H,1H3;/q3*-1;;+3. The zero-order chi connectivity index (χ0) is 30.2. The summed E-state index contributed by atoms with van der Waals surface area (Å²) in [7, 11) is 0. The van der Waals surface area contributed by atoms with Crippen LogP contribution in [0.2, 0.25) is 0 Å². The largest absolute Gasteiger partial charge is 3.00 e. The molecule has 0 aliphatic carbocycles. The zero-order valence-corrected chi connectivity index (χ0v) is 26.6. The van der Waals surface area contributed by atoms with Crippen LogP contribution in [0.4, 0.5) is 17.6 Å². The number of benzene rings is 3. The van der Waals surface area contributed by atoms with Gasteiger partial charge < -0.3 is 9.97 Å². The van der Waals surface area contributed by atoms with Crippen molar-refractivity contribution >= 4 is 15.9 Å². The van der Waals surface area contributed by atoms with Crippen molar-refractivity contribution in [1.82, 2.24) is 15.0 Å². The Balaban J connectivity index is 0.000000209. The Morgan fingerprint density at radius 1 is 0.605 bits per heavy atom. The quantitative estimate of drug-likeness (QED) is 0.129. The second-order valence-corrected chi connectivity index (χ2v) is 9.12. The number of aryl methyl sites for hydroxylation is 1. The minimum absolute atomic E-state index is 0. The van der Waals surface area contributed by atoms with Gasteiger partial charge >= 0.3 is 20.1 Å². The number of aromatic nitrogens is 3. The molecular formula is C34H23BrF4IrN3. The number of hydrogen-bond acceptors (Lipinski definition) is 3. The molecule has 0 spiro atoms. The summed E-state index contributed by atoms with van der Waals surface area (Å²) in [5.41, 5.74) is 2.34. The van der Waals surface area contributed by atoms with Gasteiger partial charge in [-0.2, -0.15) is 30.3 Å². The monoisotopic (exact) mass is 821 g/mol. The summed E-state index contributed by atoms with van der Waals surface area (Å²) >= 11 is 3.28. The van der Waals surface area contributed by atoms with Gasteiger partial charge in [-0.25, -0.2) is 0 Å². The number of rotatable bonds is 2. The maximum Gasteiger partial charge on any atom is 3.00 e. The molecule has 0 atom stereocenters. The van der Waals surface area contributed by atoms with Crippen LogP contribution in [0.15, 0.2) is 126 Å². The summed E-state index contributed by atoms with van der Waals surface area (Å²) in [6.07, 6.45) is 4.88. The van der Waals surface area contributed by atoms with Crippen LogP contribution in [0.5, 0.6) is 0 Å². The van der Waals surface area contributed by atoms with E-state index in [0.717, 1.165) is 34.4 Å². The third-order valence-corrected chi connectivity index (χ3v) is 5.53. The van der Waals surface area contributed by atoms with Crippen LogP contribution in [-0.4, -0.2) is 15.0 Å². The van der Waals surface area contributed by atoms with Gasteiger partial charge in [-0.15, -0.1) is 40.2 Å². The van der Waals surface area contributed by atoms with E-state index in [-0.39, 0.29) is 31.2 Å². The van der Waals surface area contributed by atoms with Crippen molar-refractivity contribution in [3.63, 3.8) is 0 Å². The number of halogens is 5. The van der Waals surface area contributed by atoms with Crippen molar-refractivity contribution in [2.75, 3.05) is 0 Å². The molecule has 0 bridgehead atoms. The molecule has 43 heavy (non-hydrogen) atoms. The summed E-state index contributed by atoms with van der Waals surface area (Å²) in [5.74, 6) is -2.57. The van der Waals surface area contributed by atoms with Crippen LogP contribution in [0.3, 0.4) is 0 Å². The van der Waals surface area contributed by atoms with Gasteiger partial charge in [0.2, 0.25) is 0 Å². The van der Waals surface area contributed by atoms with E-state index in [0.29, 0.717) is 11.4 Å². The minimum Gasteiger partial charge on any atom is -0.305 e. The van der Waals surface area contributed by atoms with Gasteiger partial charge in [0.1, 0.15) is 0 Å². The molecule has 0 N–H and O–H groups in total. The first kappa shape index (κ1) is 35.2. The molecule has 0 fully saturated rings. The van der Waals surface area contributed by atoms with Gasteiger partial charge in [0.15, 0.2) is 0 Å². The van der Waals surface area contributed by atoms with Crippen LogP contribution in [0.25, 0.3) is 22.5 Å². The molecule has 0 saturated carbocycles. The molecule has 0 saturated heterocycles. The molecule has 6 rings (SSSR count). The van der Waals surface area contributed by atoms with E-state index >= 15 is 0 Å². The van der Waals surface area contributed by atoms with E-state index in [1.807, 2.05) is 49.4 Å². The summed E-state index contributed by atoms with van der Waals surface area (Å²) < 4.78 is 52.7. The average molecular weight is 822 g/mol. The number of nitrogens with zero attached hydrogens (tertiary/aromatic N) is 3. The molecule has 3 nitrogen and oxygen atoms in total. The molecule has 3 aromatic carbocycles. The van der Waals surface area contributed by atoms with E-state index < -0.39 is 23.3 Å². The first-order chi connectivity index (χ1) is 20.3. The van der Waals surface area contributed by atoms with Gasteiger partial charge in [-0.3, -0.25) is 22.5 Å². The Morgan fingerprint density at radius 2 is 1.09 bits per heavy atom. The Morgan fingerprint density at radius 3 is 1.37 bits per heavy atom. The van der Waals surface area contributed by atoms with Gasteiger partial charge in [0.05, 0.1) is 0 Å². The average Bonchev–Trinajstić information content (AvgIpc) is 3.00. The summed E-state index contributed by atoms with van der Waals surface area (Å²) in [5, 5.41) is 0. The third-order valence-electron chi connectivity index (χ3n) is 5.04. The van der Waals surface area contributed by atoms with Crippen LogP contribution in [0.1, 0.15) is 5.69 Å². The van der Waals surface area contributed by atoms with E-state index in [2.05, 4.69) is 49.1 Å². The molecule has 3 heterocycles. The van der Waals surface area contributed by atoms with Crippen molar-refractivity contribution in [3.05, 3.63) is 173 Å². The third kappa shape index (κ3) is 12.8. The molecule has 0 aliphatic rings. The molecule has 218 valence electrons. The van der Waals surface area contributed by atoms with Gasteiger partial charge in [-0.1, -0.05) is 58.1 Å². The number of hydrogen-bond donors (Lipinski definition) is 0. The minimum atomic E-state index is -0.649. The van der Waals surface area contributed by atoms with Gasteiger partial charge in [0.25, 0.3) is 0 Å². The fourth-order valence-electron chi connectivity index (χ4n) is 3.12. The predicted octanol–water partition coefficient (Wildman–Crippen LogP) is 9.29. The van der Waals surface area contributed by atoms with Crippen LogP contribution < -0.4 is 0 Å². The molecule has 0 aliphatic heterocycles. The van der Waals surface area contributed by atoms with Crippen molar-refractivity contribution in [2.45, 2.75) is 6.92 Å². The van der Waals surface area contributed by atoms with E-state index in [1.165, 1.54) is 0 Å². The molecule has 0 amide bonds. The normalized spacial score (nSPS) is 9.44. The topological polar surface area (TPSA) is 38.7 Å². The second-order valence-electron chi connectivity index (χ2n) is 8.20. The smallest absolute Gasteiger partial charge is 0.305 e. The van der Waals surface area contributed by atoms with Gasteiger partial charge in [-0.05, 0) is 42.6 Å². The van der Waals surface area contributed by atoms with Crippen LogP contribution in [-0.2, 0) is 20.1 Å². The molecule has 3 aromatic heterocycles. The van der Waals surface area contributed by atoms with Gasteiger partial charge in [0, 0.05) is 47.6 Å². The van der Waals surface area contributed by atoms with Crippen LogP contribution in [0, 0.1) is 48.4 Å².